The molecule has 0 unspecified atom stereocenters. The van der Waals surface area contributed by atoms with E-state index in [1.165, 1.54) is 23.0 Å². The molecule has 3 amide bonds. The van der Waals surface area contributed by atoms with Gasteiger partial charge < -0.3 is 26.6 Å². The van der Waals surface area contributed by atoms with Crippen molar-refractivity contribution in [1.29, 1.82) is 0 Å². The number of hydrogen-bond acceptors (Lipinski definition) is 7. The molecule has 2 aliphatic rings. The van der Waals surface area contributed by atoms with Gasteiger partial charge in [0.15, 0.2) is 17.2 Å². The average Bonchev–Trinajstić information content (AvgIpc) is 3.67. The molecule has 0 saturated heterocycles. The third-order valence-electron chi connectivity index (χ3n) is 7.19. The van der Waals surface area contributed by atoms with Gasteiger partial charge in [0.1, 0.15) is 5.82 Å². The number of rotatable bonds is 8. The van der Waals surface area contributed by atoms with E-state index in [1.807, 2.05) is 18.2 Å². The zero-order valence-electron chi connectivity index (χ0n) is 22.0. The van der Waals surface area contributed by atoms with Crippen LogP contribution in [0.15, 0.2) is 55.0 Å². The largest absolute Gasteiger partial charge is 0.379 e. The summed E-state index contributed by atoms with van der Waals surface area (Å²) >= 11 is 6.14. The SMILES string of the molecule is O=C(Nc1ccccc1Cl)NC1CCC(Nc2cc(NC3CC3)c3ncc(C(=O)Nc4ccncc4F)n3n2)CC1. The quantitative estimate of drug-likeness (QED) is 0.192. The molecule has 13 heteroatoms. The van der Waals surface area contributed by atoms with Crippen molar-refractivity contribution in [2.45, 2.75) is 56.7 Å². The summed E-state index contributed by atoms with van der Waals surface area (Å²) in [7, 11) is 0. The van der Waals surface area contributed by atoms with Crippen LogP contribution in [0.4, 0.5) is 32.1 Å². The standard InChI is InChI=1S/C28H29ClFN9O2/c29-19-3-1-2-4-21(19)37-28(41)35-18-9-7-17(8-10-18)34-25-13-23(33-16-5-6-16)26-32-15-24(39(26)38-25)27(40)36-22-11-12-31-14-20(22)30/h1-4,11-18,33H,5-10H2,(H,34,38)(H,31,36,40)(H2,35,37,41). The smallest absolute Gasteiger partial charge is 0.319 e. The average molecular weight is 578 g/mol. The number of aromatic nitrogens is 4. The Balaban J connectivity index is 1.13. The number of halogens is 2. The van der Waals surface area contributed by atoms with E-state index in [2.05, 4.69) is 41.7 Å². The summed E-state index contributed by atoms with van der Waals surface area (Å²) in [4.78, 5) is 33.7. The Morgan fingerprint density at radius 2 is 1.61 bits per heavy atom. The molecule has 0 bridgehead atoms. The molecule has 5 N–H and O–H groups in total. The van der Waals surface area contributed by atoms with Gasteiger partial charge in [-0.05, 0) is 56.7 Å². The highest BCUT2D eigenvalue weighted by atomic mass is 35.5. The van der Waals surface area contributed by atoms with E-state index >= 15 is 0 Å². The summed E-state index contributed by atoms with van der Waals surface area (Å²) in [6.07, 6.45) is 9.23. The van der Waals surface area contributed by atoms with Gasteiger partial charge in [-0.25, -0.2) is 18.7 Å². The fourth-order valence-corrected chi connectivity index (χ4v) is 5.09. The zero-order valence-corrected chi connectivity index (χ0v) is 22.8. The van der Waals surface area contributed by atoms with Crippen LogP contribution in [-0.4, -0.2) is 49.6 Å². The molecule has 3 aromatic heterocycles. The molecule has 11 nitrogen and oxygen atoms in total. The van der Waals surface area contributed by atoms with Crippen LogP contribution in [0.25, 0.3) is 5.65 Å². The maximum absolute atomic E-state index is 14.1. The lowest BCUT2D eigenvalue weighted by atomic mass is 9.91. The lowest BCUT2D eigenvalue weighted by Gasteiger charge is -2.30. The molecule has 1 aromatic carbocycles. The lowest BCUT2D eigenvalue weighted by Crippen LogP contribution is -2.42. The van der Waals surface area contributed by atoms with E-state index in [0.717, 1.165) is 50.4 Å². The molecule has 0 spiro atoms. The topological polar surface area (TPSA) is 137 Å². The molecular weight excluding hydrogens is 549 g/mol. The molecule has 6 rings (SSSR count). The van der Waals surface area contributed by atoms with E-state index in [4.69, 9.17) is 11.6 Å². The van der Waals surface area contributed by atoms with Crippen LogP contribution in [0.3, 0.4) is 0 Å². The number of benzene rings is 1. The Labute approximate surface area is 240 Å². The van der Waals surface area contributed by atoms with Crippen LogP contribution in [0, 0.1) is 5.82 Å². The van der Waals surface area contributed by atoms with Gasteiger partial charge in [-0.1, -0.05) is 23.7 Å². The number of imidazole rings is 1. The molecule has 4 aromatic rings. The molecule has 41 heavy (non-hydrogen) atoms. The lowest BCUT2D eigenvalue weighted by molar-refractivity contribution is 0.102. The van der Waals surface area contributed by atoms with Crippen LogP contribution >= 0.6 is 11.6 Å². The van der Waals surface area contributed by atoms with Gasteiger partial charge in [0.05, 0.1) is 34.5 Å². The molecule has 0 atom stereocenters. The number of pyridine rings is 1. The number of hydrogen-bond donors (Lipinski definition) is 5. The maximum Gasteiger partial charge on any atom is 0.319 e. The molecule has 0 radical (unpaired) electrons. The number of urea groups is 1. The van der Waals surface area contributed by atoms with E-state index in [-0.39, 0.29) is 29.5 Å². The first kappa shape index (κ1) is 26.8. The Kier molecular flexibility index (Phi) is 7.55. The Morgan fingerprint density at radius 1 is 0.878 bits per heavy atom. The normalized spacial score (nSPS) is 18.5. The molecule has 2 saturated carbocycles. The first-order valence-electron chi connectivity index (χ1n) is 13.6. The van der Waals surface area contributed by atoms with Crippen LogP contribution in [0.2, 0.25) is 5.02 Å². The number of carbonyl (C=O) groups excluding carboxylic acids is 2. The predicted molar refractivity (Wildman–Crippen MR) is 155 cm³/mol. The Morgan fingerprint density at radius 3 is 2.37 bits per heavy atom. The number of amides is 3. The van der Waals surface area contributed by atoms with Crippen molar-refractivity contribution in [3.63, 3.8) is 0 Å². The van der Waals surface area contributed by atoms with Gasteiger partial charge in [-0.3, -0.25) is 9.78 Å². The minimum absolute atomic E-state index is 0.0245. The van der Waals surface area contributed by atoms with Crippen molar-refractivity contribution in [2.24, 2.45) is 0 Å². The monoisotopic (exact) mass is 577 g/mol. The molecule has 0 aliphatic heterocycles. The van der Waals surface area contributed by atoms with Crippen molar-refractivity contribution in [3.05, 3.63) is 71.5 Å². The predicted octanol–water partition coefficient (Wildman–Crippen LogP) is 5.29. The summed E-state index contributed by atoms with van der Waals surface area (Å²) < 4.78 is 15.6. The van der Waals surface area contributed by atoms with Gasteiger partial charge in [0.25, 0.3) is 5.91 Å². The Hall–Kier alpha value is -4.45. The second kappa shape index (κ2) is 11.6. The van der Waals surface area contributed by atoms with E-state index in [9.17, 15) is 14.0 Å². The highest BCUT2D eigenvalue weighted by Gasteiger charge is 2.26. The van der Waals surface area contributed by atoms with Crippen molar-refractivity contribution >= 4 is 52.1 Å². The Bertz CT molecular complexity index is 1580. The fourth-order valence-electron chi connectivity index (χ4n) is 4.91. The highest BCUT2D eigenvalue weighted by Crippen LogP contribution is 2.30. The van der Waals surface area contributed by atoms with Crippen LogP contribution in [-0.2, 0) is 0 Å². The number of nitrogens with one attached hydrogen (secondary N) is 5. The number of carbonyl (C=O) groups is 2. The van der Waals surface area contributed by atoms with Gasteiger partial charge in [-0.2, -0.15) is 0 Å². The van der Waals surface area contributed by atoms with Crippen LogP contribution in [0.5, 0.6) is 0 Å². The molecule has 2 fully saturated rings. The summed E-state index contributed by atoms with van der Waals surface area (Å²) in [6.45, 7) is 0. The summed E-state index contributed by atoms with van der Waals surface area (Å²) in [6, 6.07) is 10.6. The number of fused-ring (bicyclic) bond motifs is 1. The van der Waals surface area contributed by atoms with E-state index in [1.54, 1.807) is 12.1 Å². The number of para-hydroxylation sites is 1. The van der Waals surface area contributed by atoms with E-state index < -0.39 is 11.7 Å². The minimum atomic E-state index is -0.632. The molecule has 2 aliphatic carbocycles. The zero-order chi connectivity index (χ0) is 28.3. The van der Waals surface area contributed by atoms with Crippen molar-refractivity contribution in [2.75, 3.05) is 21.3 Å². The molecular formula is C28H29ClFN9O2. The first-order valence-corrected chi connectivity index (χ1v) is 14.0. The van der Waals surface area contributed by atoms with Crippen molar-refractivity contribution < 1.29 is 14.0 Å². The van der Waals surface area contributed by atoms with Gasteiger partial charge in [0.2, 0.25) is 0 Å². The second-order valence-electron chi connectivity index (χ2n) is 10.3. The highest BCUT2D eigenvalue weighted by molar-refractivity contribution is 6.33. The number of anilines is 4. The van der Waals surface area contributed by atoms with Crippen LogP contribution < -0.4 is 26.6 Å². The van der Waals surface area contributed by atoms with Crippen molar-refractivity contribution in [3.8, 4) is 0 Å². The summed E-state index contributed by atoms with van der Waals surface area (Å²) in [5.74, 6) is -0.575. The van der Waals surface area contributed by atoms with Crippen molar-refractivity contribution in [1.82, 2.24) is 24.9 Å². The van der Waals surface area contributed by atoms with E-state index in [0.29, 0.717) is 28.2 Å². The third-order valence-corrected chi connectivity index (χ3v) is 7.52. The van der Waals surface area contributed by atoms with Crippen LogP contribution in [0.1, 0.15) is 49.0 Å². The fraction of sp³-hybridized carbons (Fsp3) is 0.321. The minimum Gasteiger partial charge on any atom is -0.379 e. The second-order valence-corrected chi connectivity index (χ2v) is 10.7. The first-order chi connectivity index (χ1) is 19.9. The van der Waals surface area contributed by atoms with Gasteiger partial charge >= 0.3 is 6.03 Å². The number of nitrogens with zero attached hydrogens (tertiary/aromatic N) is 4. The van der Waals surface area contributed by atoms with Gasteiger partial charge in [0, 0.05) is 30.4 Å². The summed E-state index contributed by atoms with van der Waals surface area (Å²) in [5.41, 5.74) is 2.05. The maximum atomic E-state index is 14.1. The summed E-state index contributed by atoms with van der Waals surface area (Å²) in [5, 5.41) is 20.5. The molecule has 212 valence electrons. The van der Waals surface area contributed by atoms with Gasteiger partial charge in [-0.15, -0.1) is 5.10 Å². The third kappa shape index (κ3) is 6.32. The molecule has 3 heterocycles.